The van der Waals surface area contributed by atoms with Gasteiger partial charge >= 0.3 is 0 Å². The highest BCUT2D eigenvalue weighted by Gasteiger charge is 2.10. The van der Waals surface area contributed by atoms with E-state index in [0.29, 0.717) is 11.3 Å². The van der Waals surface area contributed by atoms with E-state index in [-0.39, 0.29) is 5.82 Å². The van der Waals surface area contributed by atoms with Crippen LogP contribution >= 0.6 is 0 Å². The fraction of sp³-hybridized carbons (Fsp3) is 0.312. The second-order valence-corrected chi connectivity index (χ2v) is 4.91. The first-order chi connectivity index (χ1) is 9.58. The highest BCUT2D eigenvalue weighted by Crippen LogP contribution is 2.22. The second kappa shape index (κ2) is 6.48. The van der Waals surface area contributed by atoms with E-state index in [1.54, 1.807) is 31.5 Å². The summed E-state index contributed by atoms with van der Waals surface area (Å²) >= 11 is 0. The molecule has 1 aromatic heterocycles. The monoisotopic (exact) mass is 274 g/mol. The van der Waals surface area contributed by atoms with Crippen LogP contribution < -0.4 is 4.90 Å². The quantitative estimate of drug-likeness (QED) is 0.910. The molecule has 0 fully saturated rings. The van der Waals surface area contributed by atoms with Crippen molar-refractivity contribution >= 4 is 5.69 Å². The Labute approximate surface area is 118 Å². The molecule has 0 bridgehead atoms. The molecule has 0 spiro atoms. The van der Waals surface area contributed by atoms with E-state index in [1.807, 2.05) is 24.1 Å². The van der Waals surface area contributed by atoms with Crippen molar-refractivity contribution < 1.29 is 9.50 Å². The molecule has 1 aromatic carbocycles. The van der Waals surface area contributed by atoms with Crippen molar-refractivity contribution in [2.45, 2.75) is 19.4 Å². The maximum Gasteiger partial charge on any atom is 0.146 e. The minimum absolute atomic E-state index is 0.305. The number of anilines is 1. The van der Waals surface area contributed by atoms with E-state index in [1.165, 1.54) is 11.6 Å². The Hall–Kier alpha value is -1.94. The second-order valence-electron chi connectivity index (χ2n) is 4.91. The summed E-state index contributed by atoms with van der Waals surface area (Å²) in [6.45, 7) is 2.34. The van der Waals surface area contributed by atoms with E-state index in [2.05, 4.69) is 4.98 Å². The predicted octanol–water partition coefficient (Wildman–Crippen LogP) is 2.95. The number of nitrogens with zero attached hydrogens (tertiary/aromatic N) is 2. The molecule has 0 unspecified atom stereocenters. The van der Waals surface area contributed by atoms with Gasteiger partial charge in [0, 0.05) is 26.0 Å². The maximum absolute atomic E-state index is 14.0. The van der Waals surface area contributed by atoms with Crippen LogP contribution in [0.15, 0.2) is 42.7 Å². The summed E-state index contributed by atoms with van der Waals surface area (Å²) in [7, 11) is 1.86. The lowest BCUT2D eigenvalue weighted by molar-refractivity contribution is 0.199. The average molecular weight is 274 g/mol. The number of hydrogen-bond acceptors (Lipinski definition) is 3. The van der Waals surface area contributed by atoms with E-state index < -0.39 is 6.10 Å². The van der Waals surface area contributed by atoms with E-state index in [0.717, 1.165) is 13.0 Å². The number of halogens is 1. The van der Waals surface area contributed by atoms with Crippen molar-refractivity contribution in [3.8, 4) is 0 Å². The van der Waals surface area contributed by atoms with Crippen molar-refractivity contribution in [1.82, 2.24) is 4.98 Å². The first kappa shape index (κ1) is 14.5. The van der Waals surface area contributed by atoms with E-state index >= 15 is 0 Å². The molecular formula is C16H19FN2O. The van der Waals surface area contributed by atoms with Crippen molar-refractivity contribution in [2.75, 3.05) is 18.5 Å². The average Bonchev–Trinajstić information content (AvgIpc) is 2.45. The Morgan fingerprint density at radius 3 is 2.55 bits per heavy atom. The summed E-state index contributed by atoms with van der Waals surface area (Å²) in [6, 6.07) is 8.78. The molecule has 1 atom stereocenters. The molecule has 2 rings (SSSR count). The summed E-state index contributed by atoms with van der Waals surface area (Å²) in [5.74, 6) is -0.305. The Morgan fingerprint density at radius 1 is 1.25 bits per heavy atom. The summed E-state index contributed by atoms with van der Waals surface area (Å²) < 4.78 is 14.0. The smallest absolute Gasteiger partial charge is 0.146 e. The standard InChI is InChI=1S/C16H19FN2O/c1-12(20)14-3-4-16(15(17)11-14)19(2)10-7-13-5-8-18-9-6-13/h3-6,8-9,11-12,20H,7,10H2,1-2H3/t12-/m0/s1. The van der Waals surface area contributed by atoms with Gasteiger partial charge in [-0.3, -0.25) is 4.98 Å². The van der Waals surface area contributed by atoms with Crippen molar-refractivity contribution in [3.05, 3.63) is 59.7 Å². The molecule has 106 valence electrons. The third kappa shape index (κ3) is 3.54. The SMILES string of the molecule is C[C@H](O)c1ccc(N(C)CCc2ccncc2)c(F)c1. The molecule has 0 aliphatic carbocycles. The van der Waals surface area contributed by atoms with Gasteiger partial charge in [-0.25, -0.2) is 4.39 Å². The Morgan fingerprint density at radius 2 is 1.95 bits per heavy atom. The fourth-order valence-corrected chi connectivity index (χ4v) is 2.06. The summed E-state index contributed by atoms with van der Waals surface area (Å²) in [6.07, 6.45) is 3.69. The third-order valence-corrected chi connectivity index (χ3v) is 3.35. The lowest BCUT2D eigenvalue weighted by Gasteiger charge is -2.20. The number of aliphatic hydroxyl groups excluding tert-OH is 1. The molecule has 4 heteroatoms. The van der Waals surface area contributed by atoms with Crippen LogP contribution in [0.5, 0.6) is 0 Å². The van der Waals surface area contributed by atoms with Gasteiger partial charge in [-0.05, 0) is 48.7 Å². The normalized spacial score (nSPS) is 12.2. The molecule has 0 amide bonds. The van der Waals surface area contributed by atoms with E-state index in [9.17, 15) is 9.50 Å². The van der Waals surface area contributed by atoms with Crippen LogP contribution in [0, 0.1) is 5.82 Å². The number of aliphatic hydroxyl groups is 1. The molecule has 0 radical (unpaired) electrons. The van der Waals surface area contributed by atoms with Gasteiger partial charge in [0.15, 0.2) is 0 Å². The van der Waals surface area contributed by atoms with Gasteiger partial charge in [0.1, 0.15) is 5.82 Å². The molecule has 0 saturated carbocycles. The number of pyridine rings is 1. The molecule has 2 aromatic rings. The molecule has 1 N–H and O–H groups in total. The summed E-state index contributed by atoms with van der Waals surface area (Å²) in [5, 5.41) is 9.44. The number of likely N-dealkylation sites (N-methyl/N-ethyl adjacent to an activating group) is 1. The van der Waals surface area contributed by atoms with Gasteiger partial charge in [0.2, 0.25) is 0 Å². The number of hydrogen-bond donors (Lipinski definition) is 1. The van der Waals surface area contributed by atoms with Gasteiger partial charge in [0.25, 0.3) is 0 Å². The fourth-order valence-electron chi connectivity index (χ4n) is 2.06. The molecular weight excluding hydrogens is 255 g/mol. The zero-order valence-corrected chi connectivity index (χ0v) is 11.8. The van der Waals surface area contributed by atoms with Crippen LogP contribution in [-0.4, -0.2) is 23.7 Å². The largest absolute Gasteiger partial charge is 0.389 e. The topological polar surface area (TPSA) is 36.4 Å². The molecule has 0 saturated heterocycles. The van der Waals surface area contributed by atoms with Crippen LogP contribution in [0.3, 0.4) is 0 Å². The molecule has 0 aliphatic heterocycles. The molecule has 20 heavy (non-hydrogen) atoms. The minimum atomic E-state index is -0.652. The molecule has 3 nitrogen and oxygen atoms in total. The lowest BCUT2D eigenvalue weighted by atomic mass is 10.1. The number of benzene rings is 1. The predicted molar refractivity (Wildman–Crippen MR) is 78.2 cm³/mol. The van der Waals surface area contributed by atoms with Crippen molar-refractivity contribution in [2.24, 2.45) is 0 Å². The Bertz CT molecular complexity index is 558. The molecule has 0 aliphatic rings. The minimum Gasteiger partial charge on any atom is -0.389 e. The van der Waals surface area contributed by atoms with Crippen LogP contribution in [0.2, 0.25) is 0 Å². The van der Waals surface area contributed by atoms with Crippen LogP contribution in [0.1, 0.15) is 24.2 Å². The number of aromatic nitrogens is 1. The highest BCUT2D eigenvalue weighted by atomic mass is 19.1. The highest BCUT2D eigenvalue weighted by molar-refractivity contribution is 5.49. The first-order valence-corrected chi connectivity index (χ1v) is 6.65. The zero-order chi connectivity index (χ0) is 14.5. The van der Waals surface area contributed by atoms with Crippen molar-refractivity contribution in [3.63, 3.8) is 0 Å². The van der Waals surface area contributed by atoms with E-state index in [4.69, 9.17) is 0 Å². The van der Waals surface area contributed by atoms with Gasteiger partial charge in [-0.15, -0.1) is 0 Å². The van der Waals surface area contributed by atoms with Gasteiger partial charge in [-0.2, -0.15) is 0 Å². The maximum atomic E-state index is 14.0. The first-order valence-electron chi connectivity index (χ1n) is 6.65. The van der Waals surface area contributed by atoms with Gasteiger partial charge in [-0.1, -0.05) is 6.07 Å². The van der Waals surface area contributed by atoms with Crippen molar-refractivity contribution in [1.29, 1.82) is 0 Å². The Balaban J connectivity index is 2.04. The summed E-state index contributed by atoms with van der Waals surface area (Å²) in [4.78, 5) is 5.85. The Kier molecular flexibility index (Phi) is 4.69. The third-order valence-electron chi connectivity index (χ3n) is 3.35. The summed E-state index contributed by atoms with van der Waals surface area (Å²) in [5.41, 5.74) is 2.31. The van der Waals surface area contributed by atoms with Crippen LogP contribution in [0.4, 0.5) is 10.1 Å². The lowest BCUT2D eigenvalue weighted by Crippen LogP contribution is -2.21. The number of rotatable bonds is 5. The van der Waals surface area contributed by atoms with Gasteiger partial charge in [0.05, 0.1) is 11.8 Å². The van der Waals surface area contributed by atoms with Crippen LogP contribution in [-0.2, 0) is 6.42 Å². The molecule has 1 heterocycles. The zero-order valence-electron chi connectivity index (χ0n) is 11.8. The van der Waals surface area contributed by atoms with Gasteiger partial charge < -0.3 is 10.0 Å². The van der Waals surface area contributed by atoms with Crippen LogP contribution in [0.25, 0.3) is 0 Å².